The molecule has 0 aliphatic carbocycles. The van der Waals surface area contributed by atoms with Crippen LogP contribution in [0.5, 0.6) is 5.75 Å². The summed E-state index contributed by atoms with van der Waals surface area (Å²) in [6, 6.07) is 25.2. The topological polar surface area (TPSA) is 79.8 Å². The lowest BCUT2D eigenvalue weighted by atomic mass is 9.99. The summed E-state index contributed by atoms with van der Waals surface area (Å²) in [5.41, 5.74) is 3.39. The van der Waals surface area contributed by atoms with Gasteiger partial charge in [0.25, 0.3) is 0 Å². The van der Waals surface area contributed by atoms with Crippen LogP contribution in [0.4, 0.5) is 4.79 Å². The molecular weight excluding hydrogens is 512 g/mol. The summed E-state index contributed by atoms with van der Waals surface area (Å²) in [7, 11) is 0. The Morgan fingerprint density at radius 3 is 2.10 bits per heavy atom. The molecule has 3 rings (SSSR count). The number of hydrogen-bond acceptors (Lipinski definition) is 5. The van der Waals surface area contributed by atoms with E-state index in [4.69, 9.17) is 21.1 Å². The first kappa shape index (κ1) is 30.5. The van der Waals surface area contributed by atoms with Crippen molar-refractivity contribution in [2.24, 2.45) is 0 Å². The van der Waals surface area contributed by atoms with Crippen molar-refractivity contribution in [1.29, 1.82) is 0 Å². The van der Waals surface area contributed by atoms with Crippen LogP contribution in [0, 0.1) is 0 Å². The molecule has 7 heteroatoms. The predicted octanol–water partition coefficient (Wildman–Crippen LogP) is 6.33. The molecule has 1 amide bonds. The first-order valence-corrected chi connectivity index (χ1v) is 13.7. The molecule has 39 heavy (non-hydrogen) atoms. The Kier molecular flexibility index (Phi) is 10.8. The Balaban J connectivity index is 1.67. The zero-order chi connectivity index (χ0) is 28.5. The van der Waals surface area contributed by atoms with Crippen molar-refractivity contribution >= 4 is 17.7 Å². The Hall–Kier alpha value is -3.06. The summed E-state index contributed by atoms with van der Waals surface area (Å²) in [6.07, 6.45) is -0.935. The van der Waals surface area contributed by atoms with Gasteiger partial charge in [-0.1, -0.05) is 66.7 Å². The molecule has 3 aromatic carbocycles. The molecule has 210 valence electrons. The van der Waals surface area contributed by atoms with Crippen LogP contribution in [0.3, 0.4) is 0 Å². The summed E-state index contributed by atoms with van der Waals surface area (Å²) in [5, 5.41) is 17.2. The molecule has 6 nitrogen and oxygen atoms in total. The second kappa shape index (κ2) is 13.8. The lowest BCUT2D eigenvalue weighted by Gasteiger charge is -2.27. The maximum atomic E-state index is 12.5. The van der Waals surface area contributed by atoms with Crippen molar-refractivity contribution in [3.05, 3.63) is 101 Å². The van der Waals surface area contributed by atoms with Gasteiger partial charge in [-0.15, -0.1) is 11.6 Å². The van der Waals surface area contributed by atoms with Gasteiger partial charge < -0.3 is 25.2 Å². The highest BCUT2D eigenvalue weighted by Crippen LogP contribution is 2.32. The molecule has 2 atom stereocenters. The number of amides is 1. The van der Waals surface area contributed by atoms with Crippen molar-refractivity contribution in [1.82, 2.24) is 10.6 Å². The standard InChI is InChI=1S/C32H41ClN2O4/c1-31(2,3)39-30(37)35-28(18-23-12-8-6-9-13-23)29(36)21-34-20-25-16-26(32(4,5)33)19-27(17-25)38-22-24-14-10-7-11-15-24/h6-17,19,28-29,34,36H,18,20-22H2,1-5H3,(H,35,37)/t28-,29+/m0/s1. The van der Waals surface area contributed by atoms with Crippen LogP contribution in [-0.4, -0.2) is 35.5 Å². The smallest absolute Gasteiger partial charge is 0.407 e. The van der Waals surface area contributed by atoms with Gasteiger partial charge in [0.05, 0.1) is 17.0 Å². The largest absolute Gasteiger partial charge is 0.489 e. The molecule has 3 aromatic rings. The van der Waals surface area contributed by atoms with Gasteiger partial charge in [-0.3, -0.25) is 0 Å². The third-order valence-electron chi connectivity index (χ3n) is 6.05. The van der Waals surface area contributed by atoms with Gasteiger partial charge in [0, 0.05) is 13.1 Å². The second-order valence-electron chi connectivity index (χ2n) is 11.3. The van der Waals surface area contributed by atoms with E-state index in [1.807, 2.05) is 113 Å². The number of nitrogens with one attached hydrogen (secondary N) is 2. The molecule has 0 unspecified atom stereocenters. The molecule has 0 aliphatic rings. The minimum atomic E-state index is -0.848. The van der Waals surface area contributed by atoms with Crippen LogP contribution in [0.15, 0.2) is 78.9 Å². The molecule has 0 bridgehead atoms. The number of carbonyl (C=O) groups is 1. The minimum Gasteiger partial charge on any atom is -0.489 e. The number of halogens is 1. The number of alkyl halides is 1. The van der Waals surface area contributed by atoms with Gasteiger partial charge >= 0.3 is 6.09 Å². The van der Waals surface area contributed by atoms with Crippen LogP contribution in [-0.2, 0) is 29.2 Å². The molecule has 0 aromatic heterocycles. The van der Waals surface area contributed by atoms with Crippen LogP contribution >= 0.6 is 11.6 Å². The van der Waals surface area contributed by atoms with Gasteiger partial charge in [-0.25, -0.2) is 4.79 Å². The predicted molar refractivity (Wildman–Crippen MR) is 157 cm³/mol. The van der Waals surface area contributed by atoms with Crippen LogP contribution in [0.2, 0.25) is 0 Å². The van der Waals surface area contributed by atoms with Gasteiger partial charge in [0.15, 0.2) is 0 Å². The lowest BCUT2D eigenvalue weighted by molar-refractivity contribution is 0.0422. The number of hydrogen-bond donors (Lipinski definition) is 3. The first-order chi connectivity index (χ1) is 18.4. The highest BCUT2D eigenvalue weighted by Gasteiger charge is 2.25. The van der Waals surface area contributed by atoms with Gasteiger partial charge in [-0.05, 0) is 75.4 Å². The maximum absolute atomic E-state index is 12.5. The van der Waals surface area contributed by atoms with Crippen LogP contribution < -0.4 is 15.4 Å². The van der Waals surface area contributed by atoms with E-state index in [2.05, 4.69) is 10.6 Å². The van der Waals surface area contributed by atoms with Crippen LogP contribution in [0.25, 0.3) is 0 Å². The highest BCUT2D eigenvalue weighted by molar-refractivity contribution is 6.23. The normalized spacial score (nSPS) is 13.4. The summed E-state index contributed by atoms with van der Waals surface area (Å²) in [4.78, 5) is 11.9. The number of aliphatic hydroxyl groups is 1. The number of alkyl carbamates (subject to hydrolysis) is 1. The molecule has 3 N–H and O–H groups in total. The third-order valence-corrected chi connectivity index (χ3v) is 6.27. The van der Waals surface area contributed by atoms with Gasteiger partial charge in [0.2, 0.25) is 0 Å². The fourth-order valence-corrected chi connectivity index (χ4v) is 4.16. The first-order valence-electron chi connectivity index (χ1n) is 13.3. The van der Waals surface area contributed by atoms with E-state index >= 15 is 0 Å². The number of ether oxygens (including phenoxy) is 2. The number of rotatable bonds is 12. The van der Waals surface area contributed by atoms with Gasteiger partial charge in [0.1, 0.15) is 18.0 Å². The number of carbonyl (C=O) groups excluding carboxylic acids is 1. The summed E-state index contributed by atoms with van der Waals surface area (Å²) in [6.45, 7) is 10.5. The average Bonchev–Trinajstić information content (AvgIpc) is 2.86. The van der Waals surface area contributed by atoms with E-state index in [1.54, 1.807) is 0 Å². The average molecular weight is 553 g/mol. The Labute approximate surface area is 237 Å². The fourth-order valence-electron chi connectivity index (χ4n) is 4.05. The molecular formula is C32H41ClN2O4. The molecule has 0 saturated heterocycles. The molecule has 0 spiro atoms. The zero-order valence-corrected chi connectivity index (χ0v) is 24.3. The third kappa shape index (κ3) is 10.9. The molecule has 0 saturated carbocycles. The van der Waals surface area contributed by atoms with Gasteiger partial charge in [-0.2, -0.15) is 0 Å². The SMILES string of the molecule is CC(C)(C)OC(=O)N[C@@H](Cc1ccccc1)[C@H](O)CNCc1cc(OCc2ccccc2)cc(C(C)(C)Cl)c1. The van der Waals surface area contributed by atoms with E-state index in [1.165, 1.54) is 0 Å². The Morgan fingerprint density at radius 2 is 1.51 bits per heavy atom. The molecule has 0 radical (unpaired) electrons. The summed E-state index contributed by atoms with van der Waals surface area (Å²) >= 11 is 6.65. The van der Waals surface area contributed by atoms with Crippen LogP contribution in [0.1, 0.15) is 56.9 Å². The van der Waals surface area contributed by atoms with E-state index in [9.17, 15) is 9.90 Å². The fraction of sp³-hybridized carbons (Fsp3) is 0.406. The number of benzene rings is 3. The van der Waals surface area contributed by atoms with E-state index in [0.717, 1.165) is 28.0 Å². The van der Waals surface area contributed by atoms with Crippen molar-refractivity contribution in [3.63, 3.8) is 0 Å². The summed E-state index contributed by atoms with van der Waals surface area (Å²) in [5.74, 6) is 0.732. The van der Waals surface area contributed by atoms with Crippen molar-refractivity contribution in [2.75, 3.05) is 6.54 Å². The second-order valence-corrected chi connectivity index (χ2v) is 12.2. The Morgan fingerprint density at radius 1 is 0.897 bits per heavy atom. The molecule has 0 aliphatic heterocycles. The van der Waals surface area contributed by atoms with Crippen molar-refractivity contribution in [3.8, 4) is 5.75 Å². The Bertz CT molecular complexity index is 1170. The number of aliphatic hydroxyl groups excluding tert-OH is 1. The van der Waals surface area contributed by atoms with E-state index in [-0.39, 0.29) is 6.54 Å². The molecule has 0 fully saturated rings. The van der Waals surface area contributed by atoms with E-state index in [0.29, 0.717) is 19.6 Å². The monoisotopic (exact) mass is 552 g/mol. The van der Waals surface area contributed by atoms with Crippen molar-refractivity contribution < 1.29 is 19.4 Å². The minimum absolute atomic E-state index is 0.266. The lowest BCUT2D eigenvalue weighted by Crippen LogP contribution is -2.49. The zero-order valence-electron chi connectivity index (χ0n) is 23.5. The summed E-state index contributed by atoms with van der Waals surface area (Å²) < 4.78 is 11.5. The highest BCUT2D eigenvalue weighted by atomic mass is 35.5. The maximum Gasteiger partial charge on any atom is 0.407 e. The molecule has 0 heterocycles. The quantitative estimate of drug-likeness (QED) is 0.229. The van der Waals surface area contributed by atoms with Crippen molar-refractivity contribution in [2.45, 2.75) is 76.8 Å². The van der Waals surface area contributed by atoms with E-state index < -0.39 is 28.7 Å².